The number of amides is 1. The van der Waals surface area contributed by atoms with E-state index in [2.05, 4.69) is 0 Å². The summed E-state index contributed by atoms with van der Waals surface area (Å²) in [4.78, 5) is 39.6. The van der Waals surface area contributed by atoms with Crippen molar-refractivity contribution in [3.05, 3.63) is 102 Å². The van der Waals surface area contributed by atoms with E-state index in [9.17, 15) is 23.9 Å². The van der Waals surface area contributed by atoms with Crippen molar-refractivity contribution < 1.29 is 14.3 Å². The van der Waals surface area contributed by atoms with Gasteiger partial charge in [-0.3, -0.25) is 14.2 Å². The first-order chi connectivity index (χ1) is 19.8. The first kappa shape index (κ1) is 28.1. The van der Waals surface area contributed by atoms with Crippen LogP contribution in [0.1, 0.15) is 60.2 Å². The van der Waals surface area contributed by atoms with E-state index >= 15 is 0 Å². The largest absolute Gasteiger partial charge is 0.390 e. The summed E-state index contributed by atoms with van der Waals surface area (Å²) < 4.78 is 16.8. The number of halogens is 2. The number of primary amides is 1. The molecular formula is C33H31ClFN3O4. The van der Waals surface area contributed by atoms with Gasteiger partial charge in [0.2, 0.25) is 5.91 Å². The van der Waals surface area contributed by atoms with E-state index in [4.69, 9.17) is 17.3 Å². The molecule has 1 heterocycles. The van der Waals surface area contributed by atoms with Gasteiger partial charge in [-0.05, 0) is 104 Å². The third-order valence-corrected chi connectivity index (χ3v) is 9.35. The van der Waals surface area contributed by atoms with Crippen LogP contribution in [0.5, 0.6) is 0 Å². The predicted octanol–water partition coefficient (Wildman–Crippen LogP) is 5.44. The van der Waals surface area contributed by atoms with Crippen molar-refractivity contribution in [1.82, 2.24) is 9.13 Å². The van der Waals surface area contributed by atoms with Gasteiger partial charge in [0.25, 0.3) is 5.56 Å². The fourth-order valence-electron chi connectivity index (χ4n) is 6.84. The minimum absolute atomic E-state index is 0.0541. The molecule has 6 rings (SSSR count). The van der Waals surface area contributed by atoms with Gasteiger partial charge in [-0.2, -0.15) is 0 Å². The van der Waals surface area contributed by atoms with Crippen LogP contribution in [0.2, 0.25) is 5.02 Å². The lowest BCUT2D eigenvalue weighted by atomic mass is 9.75. The molecule has 42 heavy (non-hydrogen) atoms. The summed E-state index contributed by atoms with van der Waals surface area (Å²) in [7, 11) is 1.44. The Labute approximate surface area is 246 Å². The van der Waals surface area contributed by atoms with E-state index in [-0.39, 0.29) is 16.8 Å². The summed E-state index contributed by atoms with van der Waals surface area (Å²) in [5.74, 6) is -1.14. The number of allylic oxidation sites excluding steroid dienone is 2. The molecule has 0 radical (unpaired) electrons. The van der Waals surface area contributed by atoms with Crippen molar-refractivity contribution in [2.45, 2.75) is 52.1 Å². The van der Waals surface area contributed by atoms with E-state index in [0.29, 0.717) is 52.2 Å². The number of aryl methyl sites for hydroxylation is 1. The van der Waals surface area contributed by atoms with Crippen molar-refractivity contribution >= 4 is 34.0 Å². The monoisotopic (exact) mass is 587 g/mol. The molecule has 2 aliphatic carbocycles. The van der Waals surface area contributed by atoms with E-state index in [0.717, 1.165) is 37.8 Å². The van der Waals surface area contributed by atoms with Crippen LogP contribution in [-0.4, -0.2) is 25.7 Å². The van der Waals surface area contributed by atoms with Gasteiger partial charge in [0.1, 0.15) is 5.82 Å². The van der Waals surface area contributed by atoms with Crippen molar-refractivity contribution in [3.63, 3.8) is 0 Å². The Bertz CT molecular complexity index is 2000. The number of carbonyl (C=O) groups is 1. The molecule has 0 saturated carbocycles. The van der Waals surface area contributed by atoms with Crippen molar-refractivity contribution in [2.24, 2.45) is 18.7 Å². The third-order valence-electron chi connectivity index (χ3n) is 9.05. The molecule has 3 N–H and O–H groups in total. The molecule has 9 heteroatoms. The van der Waals surface area contributed by atoms with E-state index < -0.39 is 28.6 Å². The topological polar surface area (TPSA) is 107 Å². The van der Waals surface area contributed by atoms with Crippen LogP contribution >= 0.6 is 11.6 Å². The SMILES string of the molecule is Cc1c(-c2c(Cl)cc(C(N)=O)c3c2C2=C(C3)C[C@@H](C(C)(C)O)CC2)cccc1-n1c(=O)c2cccc(F)c2n(C)c1=O. The lowest BCUT2D eigenvalue weighted by molar-refractivity contribution is 0.0123. The number of benzene rings is 3. The molecule has 1 atom stereocenters. The van der Waals surface area contributed by atoms with E-state index in [1.165, 1.54) is 25.2 Å². The normalized spacial score (nSPS) is 16.6. The summed E-state index contributed by atoms with van der Waals surface area (Å²) in [6, 6.07) is 11.1. The first-order valence-corrected chi connectivity index (χ1v) is 14.3. The van der Waals surface area contributed by atoms with Gasteiger partial charge in [0.15, 0.2) is 0 Å². The predicted molar refractivity (Wildman–Crippen MR) is 163 cm³/mol. The molecule has 0 unspecified atom stereocenters. The van der Waals surface area contributed by atoms with Crippen molar-refractivity contribution in [3.8, 4) is 16.8 Å². The zero-order valence-electron chi connectivity index (χ0n) is 23.8. The number of nitrogens with zero attached hydrogens (tertiary/aromatic N) is 2. The second kappa shape index (κ2) is 9.78. The number of fused-ring (bicyclic) bond motifs is 3. The highest BCUT2D eigenvalue weighted by molar-refractivity contribution is 6.34. The number of aliphatic hydroxyl groups is 1. The maximum Gasteiger partial charge on any atom is 0.335 e. The molecule has 3 aromatic carbocycles. The van der Waals surface area contributed by atoms with E-state index in [1.807, 2.05) is 26.8 Å². The van der Waals surface area contributed by atoms with Gasteiger partial charge in [-0.1, -0.05) is 35.4 Å². The molecule has 2 aliphatic rings. The zero-order chi connectivity index (χ0) is 30.2. The standard InChI is InChI=1S/C33H31ClFN3O4/c1-16-19(7-6-10-26(16)38-31(40)21-8-5-9-25(35)29(21)37(4)32(38)41)28-24(34)15-23(30(36)39)22-14-17-13-18(33(2,3)42)11-12-20(17)27(22)28/h5-10,15,18,42H,11-14H2,1-4H3,(H2,36,39)/t18-/m0/s1. The van der Waals surface area contributed by atoms with Gasteiger partial charge in [-0.15, -0.1) is 0 Å². The molecule has 0 bridgehead atoms. The molecule has 0 spiro atoms. The summed E-state index contributed by atoms with van der Waals surface area (Å²) in [6.07, 6.45) is 2.71. The average molecular weight is 588 g/mol. The Balaban J connectivity index is 1.61. The van der Waals surface area contributed by atoms with Gasteiger partial charge in [0.05, 0.1) is 22.2 Å². The summed E-state index contributed by atoms with van der Waals surface area (Å²) in [5, 5.41) is 11.1. The molecule has 1 aromatic heterocycles. The van der Waals surface area contributed by atoms with Crippen LogP contribution in [0.3, 0.4) is 0 Å². The van der Waals surface area contributed by atoms with E-state index in [1.54, 1.807) is 18.2 Å². The highest BCUT2D eigenvalue weighted by atomic mass is 35.5. The second-order valence-electron chi connectivity index (χ2n) is 11.9. The number of nitrogens with two attached hydrogens (primary N) is 1. The number of rotatable bonds is 4. The van der Waals surface area contributed by atoms with Gasteiger partial charge < -0.3 is 10.8 Å². The highest BCUT2D eigenvalue weighted by Gasteiger charge is 2.38. The summed E-state index contributed by atoms with van der Waals surface area (Å²) >= 11 is 6.93. The smallest absolute Gasteiger partial charge is 0.335 e. The Morgan fingerprint density at radius 1 is 1.14 bits per heavy atom. The fourth-order valence-corrected chi connectivity index (χ4v) is 7.14. The molecule has 0 saturated heterocycles. The van der Waals surface area contributed by atoms with Crippen LogP contribution in [0, 0.1) is 18.7 Å². The number of hydrogen-bond donors (Lipinski definition) is 2. The highest BCUT2D eigenvalue weighted by Crippen LogP contribution is 2.52. The second-order valence-corrected chi connectivity index (χ2v) is 12.3. The number of hydrogen-bond acceptors (Lipinski definition) is 4. The lowest BCUT2D eigenvalue weighted by Crippen LogP contribution is -2.38. The van der Waals surface area contributed by atoms with Gasteiger partial charge >= 0.3 is 5.69 Å². The minimum atomic E-state index is -0.840. The first-order valence-electron chi connectivity index (χ1n) is 13.9. The molecule has 0 aliphatic heterocycles. The van der Waals surface area contributed by atoms with Crippen LogP contribution in [0.4, 0.5) is 4.39 Å². The van der Waals surface area contributed by atoms with Crippen molar-refractivity contribution in [1.29, 1.82) is 0 Å². The fraction of sp³-hybridized carbons (Fsp3) is 0.303. The number of carbonyl (C=O) groups excluding carboxylic acids is 1. The van der Waals surface area contributed by atoms with Crippen LogP contribution in [0.15, 0.2) is 57.6 Å². The molecular weight excluding hydrogens is 557 g/mol. The molecule has 1 amide bonds. The Kier molecular flexibility index (Phi) is 6.55. The number of aromatic nitrogens is 2. The maximum atomic E-state index is 14.6. The molecule has 7 nitrogen and oxygen atoms in total. The Morgan fingerprint density at radius 3 is 2.55 bits per heavy atom. The average Bonchev–Trinajstić information content (AvgIpc) is 3.30. The Hall–Kier alpha value is -4.01. The maximum absolute atomic E-state index is 14.6. The number of para-hydroxylation sites is 1. The van der Waals surface area contributed by atoms with Gasteiger partial charge in [0, 0.05) is 23.2 Å². The van der Waals surface area contributed by atoms with Crippen LogP contribution < -0.4 is 17.0 Å². The molecule has 0 fully saturated rings. The van der Waals surface area contributed by atoms with Crippen molar-refractivity contribution in [2.75, 3.05) is 0 Å². The van der Waals surface area contributed by atoms with Crippen LogP contribution in [0.25, 0.3) is 33.3 Å². The quantitative estimate of drug-likeness (QED) is 0.332. The van der Waals surface area contributed by atoms with Gasteiger partial charge in [-0.25, -0.2) is 13.8 Å². The zero-order valence-corrected chi connectivity index (χ0v) is 24.6. The Morgan fingerprint density at radius 2 is 1.86 bits per heavy atom. The summed E-state index contributed by atoms with van der Waals surface area (Å²) in [5.41, 5.74) is 10.3. The summed E-state index contributed by atoms with van der Waals surface area (Å²) in [6.45, 7) is 5.46. The third kappa shape index (κ3) is 4.15. The lowest BCUT2D eigenvalue weighted by Gasteiger charge is -2.33. The van der Waals surface area contributed by atoms with Crippen LogP contribution in [-0.2, 0) is 13.5 Å². The molecule has 216 valence electrons. The molecule has 4 aromatic rings. The minimum Gasteiger partial charge on any atom is -0.390 e.